The van der Waals surface area contributed by atoms with Crippen molar-refractivity contribution in [3.05, 3.63) is 17.5 Å². The summed E-state index contributed by atoms with van der Waals surface area (Å²) in [6.07, 6.45) is 3.83. The Morgan fingerprint density at radius 2 is 2.56 bits per heavy atom. The molecule has 1 aliphatic heterocycles. The molecule has 0 aliphatic carbocycles. The molecule has 88 valence electrons. The monoisotopic (exact) mass is 222 g/mol. The summed E-state index contributed by atoms with van der Waals surface area (Å²) in [6, 6.07) is -0.00280. The maximum Gasteiger partial charge on any atom is 0.237 e. The van der Waals surface area contributed by atoms with E-state index in [1.807, 2.05) is 18.7 Å². The lowest BCUT2D eigenvalue weighted by atomic mass is 10.2. The van der Waals surface area contributed by atoms with Crippen molar-refractivity contribution in [1.82, 2.24) is 20.4 Å². The van der Waals surface area contributed by atoms with Crippen LogP contribution in [0.25, 0.3) is 0 Å². The van der Waals surface area contributed by atoms with E-state index in [0.717, 1.165) is 30.6 Å². The molecule has 1 amide bonds. The molecule has 0 unspecified atom stereocenters. The van der Waals surface area contributed by atoms with E-state index in [-0.39, 0.29) is 11.9 Å². The number of hydrogen-bond donors (Lipinski definition) is 2. The SMILES string of the molecule is Cc1c(CNC(=O)[C@H]2CCCN2)cnn1C. The summed E-state index contributed by atoms with van der Waals surface area (Å²) in [5.41, 5.74) is 2.17. The molecule has 2 rings (SSSR count). The van der Waals surface area contributed by atoms with Gasteiger partial charge in [-0.05, 0) is 26.3 Å². The third kappa shape index (κ3) is 2.24. The van der Waals surface area contributed by atoms with Gasteiger partial charge in [-0.25, -0.2) is 0 Å². The summed E-state index contributed by atoms with van der Waals surface area (Å²) in [7, 11) is 1.90. The fourth-order valence-corrected chi connectivity index (χ4v) is 1.93. The summed E-state index contributed by atoms with van der Waals surface area (Å²) < 4.78 is 1.81. The maximum absolute atomic E-state index is 11.7. The lowest BCUT2D eigenvalue weighted by Crippen LogP contribution is -2.40. The lowest BCUT2D eigenvalue weighted by molar-refractivity contribution is -0.122. The molecular formula is C11H18N4O. The Bertz CT molecular complexity index is 379. The van der Waals surface area contributed by atoms with Crippen LogP contribution in [-0.2, 0) is 18.4 Å². The third-order valence-electron chi connectivity index (χ3n) is 3.17. The molecule has 1 atom stereocenters. The fraction of sp³-hybridized carbons (Fsp3) is 0.636. The van der Waals surface area contributed by atoms with Crippen molar-refractivity contribution in [3.63, 3.8) is 0 Å². The molecule has 0 spiro atoms. The van der Waals surface area contributed by atoms with E-state index in [0.29, 0.717) is 6.54 Å². The molecule has 0 bridgehead atoms. The molecule has 1 aromatic heterocycles. The molecular weight excluding hydrogens is 204 g/mol. The van der Waals surface area contributed by atoms with E-state index in [1.165, 1.54) is 0 Å². The number of hydrogen-bond acceptors (Lipinski definition) is 3. The fourth-order valence-electron chi connectivity index (χ4n) is 1.93. The Morgan fingerprint density at radius 3 is 3.12 bits per heavy atom. The minimum absolute atomic E-state index is 0.00280. The summed E-state index contributed by atoms with van der Waals surface area (Å²) in [4.78, 5) is 11.7. The van der Waals surface area contributed by atoms with Crippen LogP contribution in [0.5, 0.6) is 0 Å². The van der Waals surface area contributed by atoms with Gasteiger partial charge in [-0.1, -0.05) is 0 Å². The third-order valence-corrected chi connectivity index (χ3v) is 3.17. The van der Waals surface area contributed by atoms with Crippen molar-refractivity contribution in [2.24, 2.45) is 7.05 Å². The molecule has 0 saturated carbocycles. The number of aryl methyl sites for hydroxylation is 1. The van der Waals surface area contributed by atoms with Gasteiger partial charge in [0, 0.05) is 24.8 Å². The molecule has 5 nitrogen and oxygen atoms in total. The average Bonchev–Trinajstić information content (AvgIpc) is 2.89. The number of rotatable bonds is 3. The highest BCUT2D eigenvalue weighted by atomic mass is 16.2. The standard InChI is InChI=1S/C11H18N4O/c1-8-9(7-14-15(8)2)6-13-11(16)10-4-3-5-12-10/h7,10,12H,3-6H2,1-2H3,(H,13,16)/t10-/m1/s1. The van der Waals surface area contributed by atoms with Crippen LogP contribution < -0.4 is 10.6 Å². The van der Waals surface area contributed by atoms with Crippen LogP contribution in [0, 0.1) is 6.92 Å². The Morgan fingerprint density at radius 1 is 1.75 bits per heavy atom. The molecule has 2 heterocycles. The highest BCUT2D eigenvalue weighted by molar-refractivity contribution is 5.81. The van der Waals surface area contributed by atoms with E-state index < -0.39 is 0 Å². The van der Waals surface area contributed by atoms with Crippen LogP contribution in [0.15, 0.2) is 6.20 Å². The number of carbonyl (C=O) groups is 1. The zero-order valence-electron chi connectivity index (χ0n) is 9.79. The van der Waals surface area contributed by atoms with Crippen molar-refractivity contribution < 1.29 is 4.79 Å². The van der Waals surface area contributed by atoms with Gasteiger partial charge in [0.05, 0.1) is 12.2 Å². The second kappa shape index (κ2) is 4.65. The van der Waals surface area contributed by atoms with Gasteiger partial charge in [-0.2, -0.15) is 5.10 Å². The Kier molecular flexibility index (Phi) is 3.24. The number of amides is 1. The van der Waals surface area contributed by atoms with Crippen molar-refractivity contribution in [2.45, 2.75) is 32.4 Å². The minimum Gasteiger partial charge on any atom is -0.351 e. The Balaban J connectivity index is 1.87. The van der Waals surface area contributed by atoms with Crippen LogP contribution in [0.4, 0.5) is 0 Å². The first-order valence-electron chi connectivity index (χ1n) is 5.67. The Hall–Kier alpha value is -1.36. The highest BCUT2D eigenvalue weighted by Gasteiger charge is 2.21. The molecule has 16 heavy (non-hydrogen) atoms. The zero-order chi connectivity index (χ0) is 11.5. The van der Waals surface area contributed by atoms with Crippen molar-refractivity contribution >= 4 is 5.91 Å². The second-order valence-electron chi connectivity index (χ2n) is 4.25. The first kappa shape index (κ1) is 11.1. The summed E-state index contributed by atoms with van der Waals surface area (Å²) in [5, 5.41) is 10.3. The first-order chi connectivity index (χ1) is 7.68. The smallest absolute Gasteiger partial charge is 0.237 e. The van der Waals surface area contributed by atoms with Crippen LogP contribution in [-0.4, -0.2) is 28.3 Å². The van der Waals surface area contributed by atoms with Gasteiger partial charge < -0.3 is 10.6 Å². The van der Waals surface area contributed by atoms with E-state index in [9.17, 15) is 4.79 Å². The maximum atomic E-state index is 11.7. The predicted octanol–water partition coefficient (Wildman–Crippen LogP) is 0.0967. The van der Waals surface area contributed by atoms with E-state index in [2.05, 4.69) is 15.7 Å². The number of nitrogens with zero attached hydrogens (tertiary/aromatic N) is 2. The molecule has 0 aromatic carbocycles. The van der Waals surface area contributed by atoms with Crippen LogP contribution in [0.3, 0.4) is 0 Å². The van der Waals surface area contributed by atoms with Crippen LogP contribution in [0.2, 0.25) is 0 Å². The molecule has 2 N–H and O–H groups in total. The number of aromatic nitrogens is 2. The largest absolute Gasteiger partial charge is 0.351 e. The molecule has 1 aliphatic rings. The van der Waals surface area contributed by atoms with Gasteiger partial charge in [-0.15, -0.1) is 0 Å². The van der Waals surface area contributed by atoms with E-state index in [4.69, 9.17) is 0 Å². The first-order valence-corrected chi connectivity index (χ1v) is 5.67. The summed E-state index contributed by atoms with van der Waals surface area (Å²) >= 11 is 0. The topological polar surface area (TPSA) is 59.0 Å². The summed E-state index contributed by atoms with van der Waals surface area (Å²) in [6.45, 7) is 3.52. The van der Waals surface area contributed by atoms with E-state index in [1.54, 1.807) is 6.20 Å². The van der Waals surface area contributed by atoms with Gasteiger partial charge in [-0.3, -0.25) is 9.48 Å². The van der Waals surface area contributed by atoms with Gasteiger partial charge in [0.15, 0.2) is 0 Å². The van der Waals surface area contributed by atoms with Gasteiger partial charge >= 0.3 is 0 Å². The summed E-state index contributed by atoms with van der Waals surface area (Å²) in [5.74, 6) is 0.0979. The predicted molar refractivity (Wildman–Crippen MR) is 60.8 cm³/mol. The van der Waals surface area contributed by atoms with Crippen molar-refractivity contribution in [2.75, 3.05) is 6.54 Å². The zero-order valence-corrected chi connectivity index (χ0v) is 9.79. The molecule has 5 heteroatoms. The van der Waals surface area contributed by atoms with Gasteiger partial charge in [0.1, 0.15) is 0 Å². The minimum atomic E-state index is -0.00280. The normalized spacial score (nSPS) is 20.0. The number of carbonyl (C=O) groups excluding carboxylic acids is 1. The molecule has 1 fully saturated rings. The van der Waals surface area contributed by atoms with Crippen LogP contribution >= 0.6 is 0 Å². The lowest BCUT2D eigenvalue weighted by Gasteiger charge is -2.10. The molecule has 1 aromatic rings. The highest BCUT2D eigenvalue weighted by Crippen LogP contribution is 2.07. The van der Waals surface area contributed by atoms with Crippen molar-refractivity contribution in [1.29, 1.82) is 0 Å². The van der Waals surface area contributed by atoms with Gasteiger partial charge in [0.25, 0.3) is 0 Å². The number of nitrogens with one attached hydrogen (secondary N) is 2. The quantitative estimate of drug-likeness (QED) is 0.762. The second-order valence-corrected chi connectivity index (χ2v) is 4.25. The Labute approximate surface area is 95.2 Å². The van der Waals surface area contributed by atoms with E-state index >= 15 is 0 Å². The van der Waals surface area contributed by atoms with Gasteiger partial charge in [0.2, 0.25) is 5.91 Å². The van der Waals surface area contributed by atoms with Crippen LogP contribution in [0.1, 0.15) is 24.1 Å². The molecule has 0 radical (unpaired) electrons. The molecule has 1 saturated heterocycles. The van der Waals surface area contributed by atoms with Crippen molar-refractivity contribution in [3.8, 4) is 0 Å². The average molecular weight is 222 g/mol.